The van der Waals surface area contributed by atoms with E-state index < -0.39 is 29.8 Å². The average molecular weight is 236 g/mol. The number of esters is 4. The monoisotopic (exact) mass is 236 g/mol. The largest absolute Gasteiger partial charge is 0.390 e. The molecule has 6 heteroatoms. The maximum absolute atomic E-state index is 11.4. The van der Waals surface area contributed by atoms with Gasteiger partial charge in [0.25, 0.3) is 0 Å². The topological polar surface area (TPSA) is 86.7 Å². The van der Waals surface area contributed by atoms with Gasteiger partial charge in [0, 0.05) is 6.92 Å². The summed E-state index contributed by atoms with van der Waals surface area (Å²) in [4.78, 5) is 44.4. The van der Waals surface area contributed by atoms with Gasteiger partial charge in [-0.3, -0.25) is 9.59 Å². The highest BCUT2D eigenvalue weighted by Crippen LogP contribution is 2.31. The van der Waals surface area contributed by atoms with Gasteiger partial charge in [0.1, 0.15) is 0 Å². The molecule has 0 bridgehead atoms. The molecule has 0 aromatic rings. The highest BCUT2D eigenvalue weighted by Gasteiger charge is 2.40. The number of rotatable bonds is 1. The summed E-state index contributed by atoms with van der Waals surface area (Å²) in [5.41, 5.74) is 0.214. The fourth-order valence-electron chi connectivity index (χ4n) is 1.68. The van der Waals surface area contributed by atoms with Crippen LogP contribution in [0.4, 0.5) is 0 Å². The predicted octanol–water partition coefficient (Wildman–Crippen LogP) is 0.0322. The molecule has 1 atom stereocenters. The molecule has 88 valence electrons. The third-order valence-electron chi connectivity index (χ3n) is 2.45. The van der Waals surface area contributed by atoms with Crippen molar-refractivity contribution in [3.05, 3.63) is 23.3 Å². The number of fused-ring (bicyclic) bond motifs is 1. The van der Waals surface area contributed by atoms with Gasteiger partial charge >= 0.3 is 23.9 Å². The van der Waals surface area contributed by atoms with Crippen molar-refractivity contribution in [3.8, 4) is 0 Å². The van der Waals surface area contributed by atoms with Crippen molar-refractivity contribution in [2.24, 2.45) is 5.92 Å². The molecule has 0 radical (unpaired) electrons. The minimum atomic E-state index is -0.837. The molecular weight excluding hydrogens is 228 g/mol. The molecule has 1 aliphatic carbocycles. The van der Waals surface area contributed by atoms with Crippen LogP contribution in [0.3, 0.4) is 0 Å². The zero-order valence-electron chi connectivity index (χ0n) is 8.89. The number of hydrogen-bond donors (Lipinski definition) is 0. The van der Waals surface area contributed by atoms with Crippen molar-refractivity contribution in [3.63, 3.8) is 0 Å². The van der Waals surface area contributed by atoms with E-state index in [0.717, 1.165) is 6.92 Å². The fourth-order valence-corrected chi connectivity index (χ4v) is 1.68. The van der Waals surface area contributed by atoms with Crippen LogP contribution in [-0.4, -0.2) is 23.9 Å². The van der Waals surface area contributed by atoms with Crippen LogP contribution in [-0.2, 0) is 28.7 Å². The second-order valence-electron chi connectivity index (χ2n) is 3.64. The molecule has 0 N–H and O–H groups in total. The molecule has 2 aliphatic rings. The Morgan fingerprint density at radius 2 is 2.12 bits per heavy atom. The average Bonchev–Trinajstić information content (AvgIpc) is 2.53. The van der Waals surface area contributed by atoms with Crippen molar-refractivity contribution >= 4 is 23.9 Å². The van der Waals surface area contributed by atoms with Gasteiger partial charge in [-0.2, -0.15) is 0 Å². The van der Waals surface area contributed by atoms with Crippen LogP contribution in [0.5, 0.6) is 0 Å². The molecule has 0 aromatic heterocycles. The van der Waals surface area contributed by atoms with E-state index in [0.29, 0.717) is 0 Å². The van der Waals surface area contributed by atoms with Gasteiger partial charge in [-0.05, 0) is 12.5 Å². The minimum Gasteiger partial charge on any atom is -0.390 e. The van der Waals surface area contributed by atoms with Crippen LogP contribution in [0.25, 0.3) is 0 Å². The lowest BCUT2D eigenvalue weighted by Crippen LogP contribution is -2.16. The quantitative estimate of drug-likeness (QED) is 0.471. The molecule has 0 saturated carbocycles. The van der Waals surface area contributed by atoms with Crippen LogP contribution >= 0.6 is 0 Å². The van der Waals surface area contributed by atoms with Crippen LogP contribution in [0.1, 0.15) is 13.3 Å². The molecule has 1 unspecified atom stereocenters. The van der Waals surface area contributed by atoms with Gasteiger partial charge in [0.15, 0.2) is 0 Å². The maximum Gasteiger partial charge on any atom is 0.345 e. The lowest BCUT2D eigenvalue weighted by molar-refractivity contribution is -0.156. The molecule has 17 heavy (non-hydrogen) atoms. The Balaban J connectivity index is 2.22. The normalized spacial score (nSPS) is 22.3. The first kappa shape index (κ1) is 11.3. The lowest BCUT2D eigenvalue weighted by Gasteiger charge is -2.10. The zero-order valence-corrected chi connectivity index (χ0v) is 8.89. The Hall–Kier alpha value is -2.24. The summed E-state index contributed by atoms with van der Waals surface area (Å²) in [5, 5.41) is 0. The summed E-state index contributed by atoms with van der Waals surface area (Å²) in [6.45, 7) is 1.10. The standard InChI is InChI=1S/C11H8O6/c1-5(12)16-9(13)6-2-3-7-8(4-6)11(15)17-10(7)14/h2,4,7H,3H2,1H3. The molecule has 1 heterocycles. The van der Waals surface area contributed by atoms with E-state index in [9.17, 15) is 19.2 Å². The van der Waals surface area contributed by atoms with Crippen molar-refractivity contribution in [2.45, 2.75) is 13.3 Å². The van der Waals surface area contributed by atoms with Crippen molar-refractivity contribution in [1.29, 1.82) is 0 Å². The Labute approximate surface area is 95.9 Å². The van der Waals surface area contributed by atoms with E-state index >= 15 is 0 Å². The molecule has 0 spiro atoms. The van der Waals surface area contributed by atoms with Crippen LogP contribution in [0.2, 0.25) is 0 Å². The zero-order chi connectivity index (χ0) is 12.6. The van der Waals surface area contributed by atoms with E-state index in [1.165, 1.54) is 12.2 Å². The maximum atomic E-state index is 11.4. The van der Waals surface area contributed by atoms with Crippen molar-refractivity contribution in [1.82, 2.24) is 0 Å². The number of carbonyl (C=O) groups excluding carboxylic acids is 4. The molecule has 1 fully saturated rings. The summed E-state index contributed by atoms with van der Waals surface area (Å²) in [7, 11) is 0. The summed E-state index contributed by atoms with van der Waals surface area (Å²) in [5.74, 6) is -3.58. The number of hydrogen-bond acceptors (Lipinski definition) is 6. The Morgan fingerprint density at radius 3 is 2.76 bits per heavy atom. The molecular formula is C11H8O6. The Kier molecular flexibility index (Phi) is 2.63. The summed E-state index contributed by atoms with van der Waals surface area (Å²) >= 11 is 0. The van der Waals surface area contributed by atoms with Gasteiger partial charge in [-0.1, -0.05) is 6.08 Å². The van der Waals surface area contributed by atoms with Crippen molar-refractivity contribution < 1.29 is 28.7 Å². The smallest absolute Gasteiger partial charge is 0.345 e. The molecule has 1 aliphatic heterocycles. The van der Waals surface area contributed by atoms with E-state index in [-0.39, 0.29) is 17.6 Å². The Morgan fingerprint density at radius 1 is 1.41 bits per heavy atom. The number of carbonyl (C=O) groups is 4. The summed E-state index contributed by atoms with van der Waals surface area (Å²) in [6, 6.07) is 0. The second-order valence-corrected chi connectivity index (χ2v) is 3.64. The van der Waals surface area contributed by atoms with Gasteiger partial charge in [0.05, 0.1) is 17.1 Å². The van der Waals surface area contributed by atoms with Crippen LogP contribution in [0, 0.1) is 5.92 Å². The predicted molar refractivity (Wildman–Crippen MR) is 52.1 cm³/mol. The first-order valence-corrected chi connectivity index (χ1v) is 4.89. The van der Waals surface area contributed by atoms with E-state index in [2.05, 4.69) is 9.47 Å². The molecule has 0 amide bonds. The minimum absolute atomic E-state index is 0.0816. The van der Waals surface area contributed by atoms with Gasteiger partial charge in [-0.25, -0.2) is 9.59 Å². The third-order valence-corrected chi connectivity index (χ3v) is 2.45. The van der Waals surface area contributed by atoms with Gasteiger partial charge in [-0.15, -0.1) is 0 Å². The molecule has 2 rings (SSSR count). The van der Waals surface area contributed by atoms with E-state index in [1.807, 2.05) is 0 Å². The van der Waals surface area contributed by atoms with E-state index in [4.69, 9.17) is 0 Å². The first-order valence-electron chi connectivity index (χ1n) is 4.89. The van der Waals surface area contributed by atoms with E-state index in [1.54, 1.807) is 0 Å². The number of allylic oxidation sites excluding steroid dienone is 1. The van der Waals surface area contributed by atoms with Gasteiger partial charge in [0.2, 0.25) is 0 Å². The highest BCUT2D eigenvalue weighted by molar-refractivity contribution is 6.10. The molecule has 6 nitrogen and oxygen atoms in total. The van der Waals surface area contributed by atoms with Crippen molar-refractivity contribution in [2.75, 3.05) is 0 Å². The first-order chi connectivity index (χ1) is 7.99. The fraction of sp³-hybridized carbons (Fsp3) is 0.273. The second kappa shape index (κ2) is 3.97. The SMILES string of the molecule is CC(=O)OC(=O)C1=CCC2C(=O)OC(=O)C2=C1. The van der Waals surface area contributed by atoms with Crippen LogP contribution in [0.15, 0.2) is 23.3 Å². The highest BCUT2D eigenvalue weighted by atomic mass is 16.6. The Bertz CT molecular complexity index is 496. The number of cyclic esters (lactones) is 2. The summed E-state index contributed by atoms with van der Waals surface area (Å²) < 4.78 is 8.79. The van der Waals surface area contributed by atoms with Crippen LogP contribution < -0.4 is 0 Å². The van der Waals surface area contributed by atoms with Gasteiger partial charge < -0.3 is 9.47 Å². The molecule has 0 aromatic carbocycles. The lowest BCUT2D eigenvalue weighted by atomic mass is 9.90. The summed E-state index contributed by atoms with van der Waals surface area (Å²) in [6.07, 6.45) is 2.87. The molecule has 1 saturated heterocycles. The number of ether oxygens (including phenoxy) is 2. The third kappa shape index (κ3) is 2.01.